The minimum atomic E-state index is -0.981. The van der Waals surface area contributed by atoms with Gasteiger partial charge in [0.15, 0.2) is 0 Å². The van der Waals surface area contributed by atoms with Crippen LogP contribution in [0.4, 0.5) is 4.39 Å². The molecule has 0 saturated carbocycles. The van der Waals surface area contributed by atoms with Gasteiger partial charge in [0, 0.05) is 34.8 Å². The van der Waals surface area contributed by atoms with Crippen LogP contribution in [0.3, 0.4) is 0 Å². The van der Waals surface area contributed by atoms with Crippen LogP contribution in [0, 0.1) is 12.7 Å². The zero-order valence-corrected chi connectivity index (χ0v) is 19.6. The van der Waals surface area contributed by atoms with Crippen molar-refractivity contribution in [1.82, 2.24) is 4.98 Å². The van der Waals surface area contributed by atoms with Gasteiger partial charge in [0.2, 0.25) is 0 Å². The Bertz CT molecular complexity index is 1390. The normalized spacial score (nSPS) is 12.4. The molecule has 3 aromatic carbocycles. The number of oxime groups is 1. The lowest BCUT2D eigenvalue weighted by Gasteiger charge is -2.20. The van der Waals surface area contributed by atoms with Gasteiger partial charge in [-0.2, -0.15) is 0 Å². The molecule has 0 bridgehead atoms. The number of hydrogen-bond acceptors (Lipinski definition) is 4. The number of carboxylic acids is 1. The van der Waals surface area contributed by atoms with E-state index in [4.69, 9.17) is 16.7 Å². The molecular formula is C28H22ClFN2O3. The molecule has 7 heteroatoms. The third-order valence-electron chi connectivity index (χ3n) is 5.86. The van der Waals surface area contributed by atoms with E-state index in [1.807, 2.05) is 37.3 Å². The second-order valence-corrected chi connectivity index (χ2v) is 8.60. The molecule has 1 unspecified atom stereocenters. The number of hydrogen-bond donors (Lipinski definition) is 2. The van der Waals surface area contributed by atoms with Gasteiger partial charge < -0.3 is 10.3 Å². The Balaban J connectivity index is 1.71. The van der Waals surface area contributed by atoms with Crippen molar-refractivity contribution in [3.8, 4) is 11.1 Å². The lowest BCUT2D eigenvalue weighted by Crippen LogP contribution is -2.12. The van der Waals surface area contributed by atoms with Crippen molar-refractivity contribution in [3.63, 3.8) is 0 Å². The highest BCUT2D eigenvalue weighted by Gasteiger charge is 2.22. The van der Waals surface area contributed by atoms with Crippen LogP contribution in [0.25, 0.3) is 11.1 Å². The van der Waals surface area contributed by atoms with Crippen LogP contribution in [-0.2, 0) is 0 Å². The van der Waals surface area contributed by atoms with Crippen molar-refractivity contribution in [2.45, 2.75) is 19.3 Å². The molecule has 0 aliphatic heterocycles. The van der Waals surface area contributed by atoms with E-state index >= 15 is 4.39 Å². The Hall–Kier alpha value is -4.03. The molecule has 1 heterocycles. The molecule has 5 nitrogen and oxygen atoms in total. The second kappa shape index (κ2) is 10.5. The van der Waals surface area contributed by atoms with Gasteiger partial charge in [-0.1, -0.05) is 59.2 Å². The molecular weight excluding hydrogens is 467 g/mol. The van der Waals surface area contributed by atoms with Crippen LogP contribution >= 0.6 is 11.6 Å². The van der Waals surface area contributed by atoms with E-state index in [0.717, 1.165) is 22.4 Å². The number of nitrogens with zero attached hydrogens (tertiary/aromatic N) is 2. The summed E-state index contributed by atoms with van der Waals surface area (Å²) in [6.07, 6.45) is 1.88. The van der Waals surface area contributed by atoms with Gasteiger partial charge in [-0.25, -0.2) is 9.18 Å². The summed E-state index contributed by atoms with van der Waals surface area (Å²) in [5.74, 6) is -1.88. The van der Waals surface area contributed by atoms with Crippen LogP contribution in [-0.4, -0.2) is 27.0 Å². The fourth-order valence-corrected chi connectivity index (χ4v) is 4.20. The molecule has 1 aromatic heterocycles. The van der Waals surface area contributed by atoms with Crippen molar-refractivity contribution in [3.05, 3.63) is 124 Å². The van der Waals surface area contributed by atoms with Gasteiger partial charge in [-0.3, -0.25) is 4.98 Å². The molecule has 2 N–H and O–H groups in total. The van der Waals surface area contributed by atoms with Crippen LogP contribution in [0.2, 0.25) is 5.02 Å². The van der Waals surface area contributed by atoms with Crippen molar-refractivity contribution < 1.29 is 19.5 Å². The van der Waals surface area contributed by atoms with Gasteiger partial charge in [-0.05, 0) is 65.6 Å². The predicted octanol–water partition coefficient (Wildman–Crippen LogP) is 6.95. The molecule has 0 amide bonds. The maximum atomic E-state index is 15.0. The summed E-state index contributed by atoms with van der Waals surface area (Å²) in [4.78, 5) is 15.3. The first-order valence-corrected chi connectivity index (χ1v) is 11.3. The molecule has 0 spiro atoms. The van der Waals surface area contributed by atoms with Crippen molar-refractivity contribution in [2.24, 2.45) is 5.16 Å². The van der Waals surface area contributed by atoms with Crippen molar-refractivity contribution in [1.29, 1.82) is 0 Å². The molecule has 4 aromatic rings. The first-order chi connectivity index (χ1) is 16.9. The molecule has 4 rings (SSSR count). The number of rotatable bonds is 7. The molecule has 0 fully saturated rings. The maximum Gasteiger partial charge on any atom is 0.335 e. The number of pyridine rings is 1. The Morgan fingerprint density at radius 2 is 1.63 bits per heavy atom. The topological polar surface area (TPSA) is 82.8 Å². The summed E-state index contributed by atoms with van der Waals surface area (Å²) in [6.45, 7) is 1.84. The highest BCUT2D eigenvalue weighted by molar-refractivity contribution is 6.30. The molecule has 0 aliphatic carbocycles. The molecule has 35 heavy (non-hydrogen) atoms. The number of benzene rings is 3. The monoisotopic (exact) mass is 488 g/mol. The summed E-state index contributed by atoms with van der Waals surface area (Å²) in [5.41, 5.74) is 5.10. The fourth-order valence-electron chi connectivity index (χ4n) is 4.04. The molecule has 1 atom stereocenters. The van der Waals surface area contributed by atoms with Crippen LogP contribution in [0.15, 0.2) is 90.2 Å². The minimum Gasteiger partial charge on any atom is -0.478 e. The lowest BCUT2D eigenvalue weighted by atomic mass is 9.84. The predicted molar refractivity (Wildman–Crippen MR) is 134 cm³/mol. The third-order valence-corrected chi connectivity index (χ3v) is 6.10. The molecule has 0 saturated heterocycles. The highest BCUT2D eigenvalue weighted by Crippen LogP contribution is 2.34. The Kier molecular flexibility index (Phi) is 7.22. The summed E-state index contributed by atoms with van der Waals surface area (Å²) in [7, 11) is 0. The van der Waals surface area contributed by atoms with Gasteiger partial charge in [-0.15, -0.1) is 0 Å². The average molecular weight is 489 g/mol. The van der Waals surface area contributed by atoms with Crippen molar-refractivity contribution >= 4 is 23.3 Å². The van der Waals surface area contributed by atoms with Gasteiger partial charge >= 0.3 is 5.97 Å². The summed E-state index contributed by atoms with van der Waals surface area (Å²) < 4.78 is 15.0. The molecule has 0 aliphatic rings. The first-order valence-electron chi connectivity index (χ1n) is 10.9. The van der Waals surface area contributed by atoms with Gasteiger partial charge in [0.25, 0.3) is 0 Å². The summed E-state index contributed by atoms with van der Waals surface area (Å²) >= 11 is 5.99. The van der Waals surface area contributed by atoms with E-state index < -0.39 is 17.7 Å². The van der Waals surface area contributed by atoms with Crippen LogP contribution in [0.5, 0.6) is 0 Å². The Morgan fingerprint density at radius 3 is 2.20 bits per heavy atom. The SMILES string of the molecule is Cc1cc(C(CC(c2ccc(-c3ccc(C(=O)O)cc3)cc2)c2ccc(Cl)cc2F)=NO)ccn1. The van der Waals surface area contributed by atoms with E-state index in [-0.39, 0.29) is 12.0 Å². The number of carbonyl (C=O) groups is 1. The van der Waals surface area contributed by atoms with Crippen molar-refractivity contribution in [2.75, 3.05) is 0 Å². The van der Waals surface area contributed by atoms with E-state index in [1.54, 1.807) is 48.7 Å². The standard InChI is InChI=1S/C28H22ClFN2O3/c1-17-14-22(12-13-31-17)27(32-35)16-25(24-11-10-23(29)15-26(24)30)20-6-2-18(3-7-20)19-4-8-21(9-5-19)28(33)34/h2-15,25,35H,16H2,1H3,(H,33,34). The number of halogens is 2. The lowest BCUT2D eigenvalue weighted by molar-refractivity contribution is 0.0697. The second-order valence-electron chi connectivity index (χ2n) is 8.16. The quantitative estimate of drug-likeness (QED) is 0.167. The zero-order chi connectivity index (χ0) is 24.9. The number of aromatic nitrogens is 1. The summed E-state index contributed by atoms with van der Waals surface area (Å²) in [5, 5.41) is 22.7. The largest absolute Gasteiger partial charge is 0.478 e. The van der Waals surface area contributed by atoms with Crippen LogP contribution in [0.1, 0.15) is 45.1 Å². The number of aromatic carboxylic acids is 1. The molecule has 176 valence electrons. The number of carboxylic acid groups (broad SMARTS) is 1. The average Bonchev–Trinajstić information content (AvgIpc) is 2.86. The first kappa shape index (κ1) is 24.1. The Morgan fingerprint density at radius 1 is 0.971 bits per heavy atom. The fraction of sp³-hybridized carbons (Fsp3) is 0.107. The van der Waals surface area contributed by atoms with E-state index in [9.17, 15) is 10.0 Å². The maximum absolute atomic E-state index is 15.0. The van der Waals surface area contributed by atoms with Crippen LogP contribution < -0.4 is 0 Å². The molecule has 0 radical (unpaired) electrons. The highest BCUT2D eigenvalue weighted by atomic mass is 35.5. The van der Waals surface area contributed by atoms with E-state index in [1.165, 1.54) is 6.07 Å². The van der Waals surface area contributed by atoms with E-state index in [2.05, 4.69) is 10.1 Å². The van der Waals surface area contributed by atoms with Gasteiger partial charge in [0.1, 0.15) is 5.82 Å². The van der Waals surface area contributed by atoms with Gasteiger partial charge in [0.05, 0.1) is 11.3 Å². The zero-order valence-electron chi connectivity index (χ0n) is 18.8. The minimum absolute atomic E-state index is 0.214. The van der Waals surface area contributed by atoms with E-state index in [0.29, 0.717) is 21.9 Å². The number of aryl methyl sites for hydroxylation is 1. The smallest absolute Gasteiger partial charge is 0.335 e. The third kappa shape index (κ3) is 5.55. The summed E-state index contributed by atoms with van der Waals surface area (Å²) in [6, 6.07) is 22.3. The Labute approximate surface area is 207 Å².